The van der Waals surface area contributed by atoms with Crippen LogP contribution in [-0.2, 0) is 22.6 Å². The van der Waals surface area contributed by atoms with Crippen LogP contribution in [0.5, 0.6) is 5.75 Å². The second kappa shape index (κ2) is 11.1. The van der Waals surface area contributed by atoms with Gasteiger partial charge in [-0.3, -0.25) is 4.90 Å². The van der Waals surface area contributed by atoms with Crippen molar-refractivity contribution in [1.82, 2.24) is 9.80 Å². The third-order valence-corrected chi connectivity index (χ3v) is 6.32. The number of rotatable bonds is 8. The van der Waals surface area contributed by atoms with E-state index >= 15 is 0 Å². The van der Waals surface area contributed by atoms with E-state index in [0.29, 0.717) is 6.04 Å². The Bertz CT molecular complexity index is 958. The number of hydrogen-bond acceptors (Lipinski definition) is 5. The Morgan fingerprint density at radius 1 is 1.12 bits per heavy atom. The summed E-state index contributed by atoms with van der Waals surface area (Å²) in [5.41, 5.74) is 1.10. The van der Waals surface area contributed by atoms with Crippen LogP contribution in [0.2, 0.25) is 0 Å². The maximum Gasteiger partial charge on any atom is 0.410 e. The van der Waals surface area contributed by atoms with Crippen LogP contribution in [0, 0.1) is 11.6 Å². The Morgan fingerprint density at radius 3 is 2.41 bits per heavy atom. The normalized spacial score (nSPS) is 17.4. The van der Waals surface area contributed by atoms with Crippen LogP contribution in [-0.4, -0.2) is 60.4 Å². The number of carbonyl (C=O) groups is 1. The molecule has 184 valence electrons. The number of amides is 1. The summed E-state index contributed by atoms with van der Waals surface area (Å²) in [4.78, 5) is 17.1. The minimum Gasteiger partial charge on any atom is -0.491 e. The van der Waals surface area contributed by atoms with Gasteiger partial charge in [-0.15, -0.1) is 0 Å². The van der Waals surface area contributed by atoms with E-state index in [1.807, 2.05) is 38.1 Å². The fraction of sp³-hybridized carbons (Fsp3) is 0.500. The molecule has 0 bridgehead atoms. The van der Waals surface area contributed by atoms with Crippen LogP contribution < -0.4 is 4.74 Å². The molecule has 8 heteroatoms. The number of nitrogens with zero attached hydrogens (tertiary/aromatic N) is 2. The minimum atomic E-state index is -0.664. The van der Waals surface area contributed by atoms with Gasteiger partial charge in [0.1, 0.15) is 24.0 Å². The summed E-state index contributed by atoms with van der Waals surface area (Å²) in [7, 11) is 0. The van der Waals surface area contributed by atoms with Gasteiger partial charge in [0.2, 0.25) is 0 Å². The lowest BCUT2D eigenvalue weighted by Crippen LogP contribution is -2.55. The lowest BCUT2D eigenvalue weighted by atomic mass is 10.0. The highest BCUT2D eigenvalue weighted by atomic mass is 19.1. The molecular weight excluding hydrogens is 442 g/mol. The number of piperidine rings is 1. The lowest BCUT2D eigenvalue weighted by molar-refractivity contribution is -0.0760. The van der Waals surface area contributed by atoms with Crippen molar-refractivity contribution in [2.45, 2.75) is 58.0 Å². The Hall–Kier alpha value is -2.71. The van der Waals surface area contributed by atoms with E-state index in [1.54, 1.807) is 4.90 Å². The molecule has 2 saturated heterocycles. The van der Waals surface area contributed by atoms with Gasteiger partial charge in [0.05, 0.1) is 31.9 Å². The molecule has 0 atom stereocenters. The number of carbonyl (C=O) groups excluding carboxylic acids is 1. The average Bonchev–Trinajstić information content (AvgIpc) is 2.77. The van der Waals surface area contributed by atoms with Gasteiger partial charge in [-0.05, 0) is 50.5 Å². The van der Waals surface area contributed by atoms with Crippen molar-refractivity contribution in [2.75, 3.05) is 26.3 Å². The Balaban J connectivity index is 1.41. The van der Waals surface area contributed by atoms with E-state index in [4.69, 9.17) is 14.2 Å². The van der Waals surface area contributed by atoms with Gasteiger partial charge < -0.3 is 19.1 Å². The van der Waals surface area contributed by atoms with Crippen molar-refractivity contribution in [3.05, 3.63) is 65.2 Å². The van der Waals surface area contributed by atoms with Crippen molar-refractivity contribution in [1.29, 1.82) is 0 Å². The minimum absolute atomic E-state index is 0.0311. The van der Waals surface area contributed by atoms with Gasteiger partial charge >= 0.3 is 6.09 Å². The zero-order valence-corrected chi connectivity index (χ0v) is 19.7. The van der Waals surface area contributed by atoms with Gasteiger partial charge in [0.25, 0.3) is 0 Å². The molecule has 2 heterocycles. The summed E-state index contributed by atoms with van der Waals surface area (Å²) in [5, 5.41) is 0. The summed E-state index contributed by atoms with van der Waals surface area (Å²) in [6.07, 6.45) is 1.09. The smallest absolute Gasteiger partial charge is 0.410 e. The lowest BCUT2D eigenvalue weighted by Gasteiger charge is -2.43. The summed E-state index contributed by atoms with van der Waals surface area (Å²) in [6, 6.07) is 11.2. The largest absolute Gasteiger partial charge is 0.491 e. The fourth-order valence-corrected chi connectivity index (χ4v) is 4.34. The molecular formula is C26H32F2N2O4. The Morgan fingerprint density at radius 2 is 1.82 bits per heavy atom. The molecule has 2 aromatic carbocycles. The van der Waals surface area contributed by atoms with E-state index in [0.717, 1.165) is 56.5 Å². The van der Waals surface area contributed by atoms with Crippen molar-refractivity contribution in [2.24, 2.45) is 0 Å². The third-order valence-electron chi connectivity index (χ3n) is 6.32. The molecule has 2 aromatic rings. The third kappa shape index (κ3) is 6.24. The second-order valence-corrected chi connectivity index (χ2v) is 9.19. The van der Waals surface area contributed by atoms with Crippen molar-refractivity contribution < 1.29 is 27.8 Å². The summed E-state index contributed by atoms with van der Waals surface area (Å²) in [5.74, 6) is -0.555. The van der Waals surface area contributed by atoms with Crippen LogP contribution in [0.3, 0.4) is 0 Å². The van der Waals surface area contributed by atoms with Gasteiger partial charge in [0, 0.05) is 30.8 Å². The molecule has 4 rings (SSSR count). The number of likely N-dealkylation sites (tertiary alicyclic amines) is 1. The fourth-order valence-electron chi connectivity index (χ4n) is 4.34. The van der Waals surface area contributed by atoms with E-state index in [-0.39, 0.29) is 30.9 Å². The summed E-state index contributed by atoms with van der Waals surface area (Å²) >= 11 is 0. The second-order valence-electron chi connectivity index (χ2n) is 9.19. The molecule has 2 fully saturated rings. The zero-order chi connectivity index (χ0) is 24.1. The molecule has 2 aliphatic rings. The SMILES string of the molecule is CC(C)Oc1ccc(COC(=O)N(Cc2ccc(F)cc2F)C2CCN(C3COC3)CC2)cc1. The van der Waals surface area contributed by atoms with E-state index in [9.17, 15) is 13.6 Å². The van der Waals surface area contributed by atoms with Gasteiger partial charge in [-0.25, -0.2) is 13.6 Å². The monoisotopic (exact) mass is 474 g/mol. The van der Waals surface area contributed by atoms with Gasteiger partial charge in [-0.2, -0.15) is 0 Å². The van der Waals surface area contributed by atoms with Gasteiger partial charge in [0.15, 0.2) is 0 Å². The zero-order valence-electron chi connectivity index (χ0n) is 19.7. The first-order valence-corrected chi connectivity index (χ1v) is 11.8. The maximum atomic E-state index is 14.4. The molecule has 1 amide bonds. The summed E-state index contributed by atoms with van der Waals surface area (Å²) < 4.78 is 44.3. The topological polar surface area (TPSA) is 51.2 Å². The maximum absolute atomic E-state index is 14.4. The molecule has 0 aliphatic carbocycles. The van der Waals surface area contributed by atoms with E-state index in [2.05, 4.69) is 4.90 Å². The first kappa shape index (κ1) is 24.4. The van der Waals surface area contributed by atoms with Crippen LogP contribution in [0.15, 0.2) is 42.5 Å². The van der Waals surface area contributed by atoms with Crippen molar-refractivity contribution in [3.8, 4) is 5.75 Å². The number of ether oxygens (including phenoxy) is 3. The summed E-state index contributed by atoms with van der Waals surface area (Å²) in [6.45, 7) is 7.22. The van der Waals surface area contributed by atoms with Crippen molar-refractivity contribution >= 4 is 6.09 Å². The average molecular weight is 475 g/mol. The molecule has 0 N–H and O–H groups in total. The van der Waals surface area contributed by atoms with Crippen LogP contribution in [0.25, 0.3) is 0 Å². The highest BCUT2D eigenvalue weighted by Crippen LogP contribution is 2.25. The molecule has 0 saturated carbocycles. The molecule has 0 radical (unpaired) electrons. The highest BCUT2D eigenvalue weighted by molar-refractivity contribution is 5.68. The molecule has 0 spiro atoms. The first-order chi connectivity index (χ1) is 16.4. The van der Waals surface area contributed by atoms with Crippen LogP contribution >= 0.6 is 0 Å². The Labute approximate surface area is 199 Å². The molecule has 0 unspecified atom stereocenters. The van der Waals surface area contributed by atoms with Crippen LogP contribution in [0.4, 0.5) is 13.6 Å². The number of hydrogen-bond donors (Lipinski definition) is 0. The number of halogens is 2. The molecule has 6 nitrogen and oxygen atoms in total. The van der Waals surface area contributed by atoms with Crippen LogP contribution in [0.1, 0.15) is 37.8 Å². The predicted octanol–water partition coefficient (Wildman–Crippen LogP) is 4.75. The number of benzene rings is 2. The van der Waals surface area contributed by atoms with E-state index < -0.39 is 17.7 Å². The van der Waals surface area contributed by atoms with Gasteiger partial charge in [-0.1, -0.05) is 18.2 Å². The molecule has 2 aliphatic heterocycles. The molecule has 34 heavy (non-hydrogen) atoms. The quantitative estimate of drug-likeness (QED) is 0.553. The molecule has 0 aromatic heterocycles. The predicted molar refractivity (Wildman–Crippen MR) is 123 cm³/mol. The first-order valence-electron chi connectivity index (χ1n) is 11.8. The van der Waals surface area contributed by atoms with E-state index in [1.165, 1.54) is 12.1 Å². The van der Waals surface area contributed by atoms with Crippen molar-refractivity contribution in [3.63, 3.8) is 0 Å². The Kier molecular flexibility index (Phi) is 8.00. The highest BCUT2D eigenvalue weighted by Gasteiger charge is 2.34. The standard InChI is InChI=1S/C26H32F2N2O4/c1-18(2)34-24-7-3-19(4-8-24)15-33-26(31)30(14-20-5-6-21(27)13-25(20)28)22-9-11-29(12-10-22)23-16-32-17-23/h3-8,13,18,22-23H,9-12,14-17H2,1-2H3.